The molecule has 3 rings (SSSR count). The number of rotatable bonds is 1. The Labute approximate surface area is 105 Å². The van der Waals surface area contributed by atoms with Crippen LogP contribution < -0.4 is 15.2 Å². The van der Waals surface area contributed by atoms with Crippen LogP contribution in [0.3, 0.4) is 0 Å². The van der Waals surface area contributed by atoms with Gasteiger partial charge in [0.25, 0.3) is 0 Å². The first-order valence-corrected chi connectivity index (χ1v) is 5.77. The Bertz CT molecular complexity index is 612. The van der Waals surface area contributed by atoms with Crippen LogP contribution in [-0.2, 0) is 7.05 Å². The molecule has 2 heterocycles. The molecule has 1 aromatic carbocycles. The number of hydrogen-bond donors (Lipinski definition) is 1. The van der Waals surface area contributed by atoms with Gasteiger partial charge < -0.3 is 15.2 Å². The molecular weight excluding hydrogens is 230 g/mol. The molecule has 0 spiro atoms. The van der Waals surface area contributed by atoms with Crippen LogP contribution in [0, 0.1) is 13.8 Å². The van der Waals surface area contributed by atoms with Crippen LogP contribution in [0.1, 0.15) is 11.1 Å². The van der Waals surface area contributed by atoms with E-state index < -0.39 is 0 Å². The molecule has 0 atom stereocenters. The van der Waals surface area contributed by atoms with E-state index in [0.29, 0.717) is 5.82 Å². The molecule has 5 heteroatoms. The zero-order valence-electron chi connectivity index (χ0n) is 10.7. The number of anilines is 1. The molecule has 2 aromatic rings. The molecule has 0 bridgehead atoms. The number of aromatic nitrogens is 2. The number of hydrogen-bond acceptors (Lipinski definition) is 4. The maximum absolute atomic E-state index is 5.84. The van der Waals surface area contributed by atoms with Gasteiger partial charge in [0.05, 0.1) is 11.3 Å². The van der Waals surface area contributed by atoms with Gasteiger partial charge >= 0.3 is 0 Å². The van der Waals surface area contributed by atoms with Gasteiger partial charge in [-0.05, 0) is 31.0 Å². The van der Waals surface area contributed by atoms with Gasteiger partial charge in [0.15, 0.2) is 11.5 Å². The Hall–Kier alpha value is -2.17. The van der Waals surface area contributed by atoms with E-state index >= 15 is 0 Å². The monoisotopic (exact) mass is 245 g/mol. The van der Waals surface area contributed by atoms with Crippen LogP contribution in [0.15, 0.2) is 12.1 Å². The molecule has 18 heavy (non-hydrogen) atoms. The zero-order valence-corrected chi connectivity index (χ0v) is 10.7. The lowest BCUT2D eigenvalue weighted by Crippen LogP contribution is -1.97. The largest absolute Gasteiger partial charge is 0.454 e. The van der Waals surface area contributed by atoms with Crippen molar-refractivity contribution >= 4 is 5.82 Å². The van der Waals surface area contributed by atoms with Crippen molar-refractivity contribution in [3.05, 3.63) is 23.3 Å². The fourth-order valence-corrected chi connectivity index (χ4v) is 2.18. The van der Waals surface area contributed by atoms with Crippen LogP contribution in [-0.4, -0.2) is 16.6 Å². The van der Waals surface area contributed by atoms with Crippen LogP contribution in [0.5, 0.6) is 11.5 Å². The molecule has 0 unspecified atom stereocenters. The summed E-state index contributed by atoms with van der Waals surface area (Å²) in [6.45, 7) is 4.36. The fourth-order valence-electron chi connectivity index (χ4n) is 2.18. The van der Waals surface area contributed by atoms with E-state index in [1.54, 1.807) is 4.68 Å². The van der Waals surface area contributed by atoms with Crippen LogP contribution in [0.4, 0.5) is 5.82 Å². The molecule has 1 aliphatic heterocycles. The number of benzene rings is 1. The van der Waals surface area contributed by atoms with Gasteiger partial charge in [0.1, 0.15) is 5.82 Å². The Morgan fingerprint density at radius 1 is 1.28 bits per heavy atom. The summed E-state index contributed by atoms with van der Waals surface area (Å²) in [5.41, 5.74) is 9.91. The number of nitrogen functional groups attached to an aromatic ring is 1. The maximum Gasteiger partial charge on any atom is 0.231 e. The number of ether oxygens (including phenoxy) is 2. The van der Waals surface area contributed by atoms with Crippen molar-refractivity contribution in [1.82, 2.24) is 9.78 Å². The van der Waals surface area contributed by atoms with Gasteiger partial charge in [-0.2, -0.15) is 5.10 Å². The third kappa shape index (κ3) is 1.44. The summed E-state index contributed by atoms with van der Waals surface area (Å²) in [7, 11) is 1.82. The minimum atomic E-state index is 0.257. The van der Waals surface area contributed by atoms with E-state index in [9.17, 15) is 0 Å². The predicted octanol–water partition coefficient (Wildman–Crippen LogP) is 2.01. The zero-order chi connectivity index (χ0) is 12.9. The van der Waals surface area contributed by atoms with Gasteiger partial charge in [-0.1, -0.05) is 0 Å². The van der Waals surface area contributed by atoms with E-state index in [-0.39, 0.29) is 6.79 Å². The molecule has 0 amide bonds. The van der Waals surface area contributed by atoms with Gasteiger partial charge in [0, 0.05) is 13.1 Å². The van der Waals surface area contributed by atoms with Crippen molar-refractivity contribution in [2.75, 3.05) is 12.5 Å². The first-order chi connectivity index (χ1) is 8.58. The molecule has 1 aromatic heterocycles. The second-order valence-corrected chi connectivity index (χ2v) is 4.51. The minimum Gasteiger partial charge on any atom is -0.454 e. The first kappa shape index (κ1) is 11.0. The molecular formula is C13H15N3O2. The molecule has 5 nitrogen and oxygen atoms in total. The van der Waals surface area contributed by atoms with Crippen molar-refractivity contribution in [2.24, 2.45) is 7.05 Å². The minimum absolute atomic E-state index is 0.257. The van der Waals surface area contributed by atoms with E-state index in [1.807, 2.05) is 26.1 Å². The van der Waals surface area contributed by atoms with Crippen molar-refractivity contribution in [2.45, 2.75) is 13.8 Å². The van der Waals surface area contributed by atoms with Crippen molar-refractivity contribution in [3.8, 4) is 22.8 Å². The highest BCUT2D eigenvalue weighted by Crippen LogP contribution is 2.44. The summed E-state index contributed by atoms with van der Waals surface area (Å²) in [4.78, 5) is 0. The van der Waals surface area contributed by atoms with Crippen molar-refractivity contribution < 1.29 is 9.47 Å². The number of fused-ring (bicyclic) bond motifs is 1. The summed E-state index contributed by atoms with van der Waals surface area (Å²) in [6, 6.07) is 3.84. The summed E-state index contributed by atoms with van der Waals surface area (Å²) in [5, 5.41) is 4.42. The highest BCUT2D eigenvalue weighted by atomic mass is 16.7. The quantitative estimate of drug-likeness (QED) is 0.834. The van der Waals surface area contributed by atoms with Crippen LogP contribution in [0.2, 0.25) is 0 Å². The van der Waals surface area contributed by atoms with E-state index in [1.165, 1.54) is 0 Å². The summed E-state index contributed by atoms with van der Waals surface area (Å²) < 4.78 is 12.7. The Morgan fingerprint density at radius 2 is 2.06 bits per heavy atom. The molecule has 0 radical (unpaired) electrons. The van der Waals surface area contributed by atoms with Crippen LogP contribution in [0.25, 0.3) is 11.3 Å². The van der Waals surface area contributed by atoms with E-state index in [4.69, 9.17) is 15.2 Å². The third-order valence-electron chi connectivity index (χ3n) is 3.35. The Morgan fingerprint density at radius 3 is 2.72 bits per heavy atom. The normalized spacial score (nSPS) is 13.1. The van der Waals surface area contributed by atoms with Gasteiger partial charge in [-0.3, -0.25) is 4.68 Å². The topological polar surface area (TPSA) is 62.3 Å². The SMILES string of the molecule is Cc1cc2c(c(-c3cc(N)n(C)n3)c1C)OCO2. The molecule has 2 N–H and O–H groups in total. The molecule has 0 saturated carbocycles. The molecule has 0 aliphatic carbocycles. The van der Waals surface area contributed by atoms with Gasteiger partial charge in [0.2, 0.25) is 6.79 Å². The van der Waals surface area contributed by atoms with Crippen LogP contribution >= 0.6 is 0 Å². The summed E-state index contributed by atoms with van der Waals surface area (Å²) in [5.74, 6) is 2.16. The summed E-state index contributed by atoms with van der Waals surface area (Å²) in [6.07, 6.45) is 0. The Kier molecular flexibility index (Phi) is 2.23. The highest BCUT2D eigenvalue weighted by molar-refractivity contribution is 5.77. The first-order valence-electron chi connectivity index (χ1n) is 5.77. The van der Waals surface area contributed by atoms with Gasteiger partial charge in [-0.25, -0.2) is 0 Å². The lowest BCUT2D eigenvalue weighted by atomic mass is 9.99. The second-order valence-electron chi connectivity index (χ2n) is 4.51. The second kappa shape index (κ2) is 3.66. The molecule has 1 aliphatic rings. The van der Waals surface area contributed by atoms with E-state index in [2.05, 4.69) is 12.0 Å². The fraction of sp³-hybridized carbons (Fsp3) is 0.308. The average molecular weight is 245 g/mol. The van der Waals surface area contributed by atoms with Crippen molar-refractivity contribution in [3.63, 3.8) is 0 Å². The highest BCUT2D eigenvalue weighted by Gasteiger charge is 2.24. The number of aryl methyl sites for hydroxylation is 2. The smallest absolute Gasteiger partial charge is 0.231 e. The Balaban J connectivity index is 2.28. The number of nitrogens with zero attached hydrogens (tertiary/aromatic N) is 2. The standard InChI is InChI=1S/C13H15N3O2/c1-7-4-10-13(18-6-17-10)12(8(7)2)9-5-11(14)16(3)15-9/h4-5H,6,14H2,1-3H3. The van der Waals surface area contributed by atoms with Crippen molar-refractivity contribution in [1.29, 1.82) is 0 Å². The van der Waals surface area contributed by atoms with E-state index in [0.717, 1.165) is 33.9 Å². The number of nitrogens with two attached hydrogens (primary N) is 1. The molecule has 0 fully saturated rings. The lowest BCUT2D eigenvalue weighted by Gasteiger charge is -2.10. The average Bonchev–Trinajstić information content (AvgIpc) is 2.88. The molecule has 94 valence electrons. The maximum atomic E-state index is 5.84. The predicted molar refractivity (Wildman–Crippen MR) is 68.7 cm³/mol. The summed E-state index contributed by atoms with van der Waals surface area (Å²) >= 11 is 0. The van der Waals surface area contributed by atoms with Gasteiger partial charge in [-0.15, -0.1) is 0 Å². The molecule has 0 saturated heterocycles. The lowest BCUT2D eigenvalue weighted by molar-refractivity contribution is 0.174. The third-order valence-corrected chi connectivity index (χ3v) is 3.35.